The standard InChI is InChI=1S/C24H19Cl3N2O2S/c1-2-32(30,31)19-7-3-5-16(13-19)17-9-10-22(21(26)14-17)29-12-11-28-23(29)15-18-6-4-8-20(25)24(18)27/h3-14H,2,15H2,1H3. The maximum absolute atomic E-state index is 12.2. The molecule has 4 rings (SSSR count). The number of hydrogen-bond acceptors (Lipinski definition) is 3. The zero-order chi connectivity index (χ0) is 22.9. The van der Waals surface area contributed by atoms with Crippen LogP contribution in [0, 0.1) is 0 Å². The maximum Gasteiger partial charge on any atom is 0.178 e. The average Bonchev–Trinajstić information content (AvgIpc) is 3.24. The van der Waals surface area contributed by atoms with E-state index in [1.165, 1.54) is 0 Å². The number of imidazole rings is 1. The second-order valence-electron chi connectivity index (χ2n) is 7.20. The lowest BCUT2D eigenvalue weighted by Crippen LogP contribution is -2.04. The Balaban J connectivity index is 1.68. The van der Waals surface area contributed by atoms with Crippen molar-refractivity contribution in [3.63, 3.8) is 0 Å². The number of sulfone groups is 1. The summed E-state index contributed by atoms with van der Waals surface area (Å²) >= 11 is 19.1. The molecule has 8 heteroatoms. The van der Waals surface area contributed by atoms with Crippen LogP contribution >= 0.6 is 34.8 Å². The normalized spacial score (nSPS) is 11.6. The van der Waals surface area contributed by atoms with Gasteiger partial charge in [0.15, 0.2) is 9.84 Å². The summed E-state index contributed by atoms with van der Waals surface area (Å²) in [6.07, 6.45) is 4.03. The molecule has 3 aromatic carbocycles. The highest BCUT2D eigenvalue weighted by Gasteiger charge is 2.15. The van der Waals surface area contributed by atoms with Gasteiger partial charge in [0.1, 0.15) is 5.82 Å². The summed E-state index contributed by atoms with van der Waals surface area (Å²) < 4.78 is 26.4. The predicted molar refractivity (Wildman–Crippen MR) is 131 cm³/mol. The fourth-order valence-electron chi connectivity index (χ4n) is 3.46. The van der Waals surface area contributed by atoms with E-state index < -0.39 is 9.84 Å². The van der Waals surface area contributed by atoms with Crippen LogP contribution in [0.15, 0.2) is 78.0 Å². The first kappa shape index (κ1) is 22.9. The number of halogens is 3. The molecule has 0 aliphatic carbocycles. The molecule has 4 nitrogen and oxygen atoms in total. The number of benzene rings is 3. The molecule has 1 aromatic heterocycles. The molecule has 0 spiro atoms. The molecule has 32 heavy (non-hydrogen) atoms. The van der Waals surface area contributed by atoms with Gasteiger partial charge in [-0.2, -0.15) is 0 Å². The largest absolute Gasteiger partial charge is 0.302 e. The summed E-state index contributed by atoms with van der Waals surface area (Å²) in [7, 11) is -3.29. The van der Waals surface area contributed by atoms with Gasteiger partial charge in [-0.05, 0) is 47.0 Å². The lowest BCUT2D eigenvalue weighted by Gasteiger charge is -2.13. The molecule has 0 atom stereocenters. The molecule has 0 aliphatic rings. The fraction of sp³-hybridized carbons (Fsp3) is 0.125. The van der Waals surface area contributed by atoms with Crippen molar-refractivity contribution in [1.82, 2.24) is 9.55 Å². The SMILES string of the molecule is CCS(=O)(=O)c1cccc(-c2ccc(-n3ccnc3Cc3cccc(Cl)c3Cl)c(Cl)c2)c1. The molecule has 1 heterocycles. The van der Waals surface area contributed by atoms with Crippen molar-refractivity contribution in [2.45, 2.75) is 18.2 Å². The Bertz CT molecular complexity index is 1400. The summed E-state index contributed by atoms with van der Waals surface area (Å²) in [5.74, 6) is 0.816. The van der Waals surface area contributed by atoms with Crippen LogP contribution in [-0.4, -0.2) is 23.7 Å². The highest BCUT2D eigenvalue weighted by Crippen LogP contribution is 2.31. The van der Waals surface area contributed by atoms with Gasteiger partial charge in [-0.3, -0.25) is 0 Å². The van der Waals surface area contributed by atoms with Crippen molar-refractivity contribution in [3.8, 4) is 16.8 Å². The fourth-order valence-corrected chi connectivity index (χ4v) is 5.04. The average molecular weight is 506 g/mol. The molecule has 0 N–H and O–H groups in total. The second kappa shape index (κ2) is 9.28. The molecule has 0 saturated carbocycles. The number of rotatable bonds is 6. The van der Waals surface area contributed by atoms with Gasteiger partial charge in [0.05, 0.1) is 31.4 Å². The number of nitrogens with zero attached hydrogens (tertiary/aromatic N) is 2. The lowest BCUT2D eigenvalue weighted by molar-refractivity contribution is 0.597. The molecule has 0 saturated heterocycles. The van der Waals surface area contributed by atoms with Crippen LogP contribution in [0.4, 0.5) is 0 Å². The van der Waals surface area contributed by atoms with E-state index in [4.69, 9.17) is 34.8 Å². The minimum atomic E-state index is -3.29. The van der Waals surface area contributed by atoms with Gasteiger partial charge in [-0.15, -0.1) is 0 Å². The van der Waals surface area contributed by atoms with E-state index in [1.54, 1.807) is 37.4 Å². The van der Waals surface area contributed by atoms with Crippen molar-refractivity contribution in [1.29, 1.82) is 0 Å². The smallest absolute Gasteiger partial charge is 0.178 e. The zero-order valence-electron chi connectivity index (χ0n) is 17.1. The van der Waals surface area contributed by atoms with Crippen LogP contribution in [-0.2, 0) is 16.3 Å². The van der Waals surface area contributed by atoms with Crippen molar-refractivity contribution >= 4 is 44.6 Å². The second-order valence-corrected chi connectivity index (χ2v) is 10.7. The van der Waals surface area contributed by atoms with E-state index in [2.05, 4.69) is 4.98 Å². The lowest BCUT2D eigenvalue weighted by atomic mass is 10.1. The van der Waals surface area contributed by atoms with Gasteiger partial charge in [0.2, 0.25) is 0 Å². The van der Waals surface area contributed by atoms with Crippen molar-refractivity contribution in [3.05, 3.63) is 99.5 Å². The van der Waals surface area contributed by atoms with E-state index in [9.17, 15) is 8.42 Å². The molecule has 0 fully saturated rings. The van der Waals surface area contributed by atoms with Crippen LogP contribution in [0.3, 0.4) is 0 Å². The Labute approximate surface area is 202 Å². The van der Waals surface area contributed by atoms with E-state index >= 15 is 0 Å². The van der Waals surface area contributed by atoms with E-state index in [0.717, 1.165) is 28.2 Å². The molecule has 0 unspecified atom stereocenters. The van der Waals surface area contributed by atoms with Gasteiger partial charge in [-0.25, -0.2) is 13.4 Å². The first-order valence-electron chi connectivity index (χ1n) is 9.88. The van der Waals surface area contributed by atoms with Crippen LogP contribution in [0.1, 0.15) is 18.3 Å². The molecule has 0 amide bonds. The molecular formula is C24H19Cl3N2O2S. The van der Waals surface area contributed by atoms with Crippen molar-refractivity contribution in [2.24, 2.45) is 0 Å². The summed E-state index contributed by atoms with van der Waals surface area (Å²) in [5, 5.41) is 1.52. The molecular weight excluding hydrogens is 487 g/mol. The summed E-state index contributed by atoms with van der Waals surface area (Å²) in [6.45, 7) is 1.63. The Hall–Kier alpha value is -2.31. The van der Waals surface area contributed by atoms with Crippen LogP contribution in [0.2, 0.25) is 15.1 Å². The minimum absolute atomic E-state index is 0.0518. The first-order chi connectivity index (χ1) is 15.3. The van der Waals surface area contributed by atoms with Gasteiger partial charge in [0.25, 0.3) is 0 Å². The molecule has 0 radical (unpaired) electrons. The zero-order valence-corrected chi connectivity index (χ0v) is 20.2. The Kier molecular flexibility index (Phi) is 6.63. The third-order valence-electron chi connectivity index (χ3n) is 5.21. The van der Waals surface area contributed by atoms with Gasteiger partial charge in [0, 0.05) is 18.8 Å². The minimum Gasteiger partial charge on any atom is -0.302 e. The van der Waals surface area contributed by atoms with Crippen LogP contribution in [0.25, 0.3) is 16.8 Å². The van der Waals surface area contributed by atoms with Crippen molar-refractivity contribution in [2.75, 3.05) is 5.75 Å². The Morgan fingerprint density at radius 2 is 1.66 bits per heavy atom. The highest BCUT2D eigenvalue weighted by molar-refractivity contribution is 7.91. The van der Waals surface area contributed by atoms with Crippen LogP contribution in [0.5, 0.6) is 0 Å². The van der Waals surface area contributed by atoms with E-state index in [1.807, 2.05) is 47.2 Å². The topological polar surface area (TPSA) is 52.0 Å². The quantitative estimate of drug-likeness (QED) is 0.287. The van der Waals surface area contributed by atoms with Gasteiger partial charge >= 0.3 is 0 Å². The Morgan fingerprint density at radius 1 is 0.906 bits per heavy atom. The summed E-state index contributed by atoms with van der Waals surface area (Å²) in [5.41, 5.74) is 3.24. The molecule has 4 aromatic rings. The first-order valence-corrected chi connectivity index (χ1v) is 12.7. The monoisotopic (exact) mass is 504 g/mol. The Morgan fingerprint density at radius 3 is 2.41 bits per heavy atom. The highest BCUT2D eigenvalue weighted by atomic mass is 35.5. The maximum atomic E-state index is 12.2. The van der Waals surface area contributed by atoms with Gasteiger partial charge < -0.3 is 4.57 Å². The van der Waals surface area contributed by atoms with Crippen molar-refractivity contribution < 1.29 is 8.42 Å². The summed E-state index contributed by atoms with van der Waals surface area (Å²) in [6, 6.07) is 18.0. The molecule has 0 bridgehead atoms. The summed E-state index contributed by atoms with van der Waals surface area (Å²) in [4.78, 5) is 4.76. The predicted octanol–water partition coefficient (Wildman–Crippen LogP) is 6.88. The molecule has 164 valence electrons. The van der Waals surface area contributed by atoms with Crippen LogP contribution < -0.4 is 0 Å². The number of aromatic nitrogens is 2. The van der Waals surface area contributed by atoms with E-state index in [-0.39, 0.29) is 5.75 Å². The van der Waals surface area contributed by atoms with E-state index in [0.29, 0.717) is 26.4 Å². The third-order valence-corrected chi connectivity index (χ3v) is 8.10. The number of hydrogen-bond donors (Lipinski definition) is 0. The van der Waals surface area contributed by atoms with Gasteiger partial charge in [-0.1, -0.05) is 72.1 Å². The third kappa shape index (κ3) is 4.57. The molecule has 0 aliphatic heterocycles.